The van der Waals surface area contributed by atoms with Gasteiger partial charge in [-0.2, -0.15) is 13.2 Å². The monoisotopic (exact) mass is 286 g/mol. The molecule has 0 aliphatic carbocycles. The van der Waals surface area contributed by atoms with Gasteiger partial charge in [0, 0.05) is 24.8 Å². The van der Waals surface area contributed by atoms with Crippen LogP contribution >= 0.6 is 0 Å². The average molecular weight is 286 g/mol. The first-order valence-electron chi connectivity index (χ1n) is 7.17. The summed E-state index contributed by atoms with van der Waals surface area (Å²) in [6.07, 6.45) is -1.33. The third-order valence-corrected chi connectivity index (χ3v) is 3.65. The van der Waals surface area contributed by atoms with E-state index in [0.29, 0.717) is 24.8 Å². The van der Waals surface area contributed by atoms with Crippen LogP contribution in [0.2, 0.25) is 0 Å². The Balaban J connectivity index is 2.24. The van der Waals surface area contributed by atoms with E-state index in [2.05, 4.69) is 5.32 Å². The van der Waals surface area contributed by atoms with Gasteiger partial charge in [-0.25, -0.2) is 0 Å². The molecule has 1 unspecified atom stereocenters. The van der Waals surface area contributed by atoms with Crippen molar-refractivity contribution in [3.63, 3.8) is 0 Å². The van der Waals surface area contributed by atoms with Crippen LogP contribution in [-0.2, 0) is 6.18 Å². The van der Waals surface area contributed by atoms with Crippen LogP contribution in [0.5, 0.6) is 0 Å². The first kappa shape index (κ1) is 15.2. The second-order valence-corrected chi connectivity index (χ2v) is 5.25. The van der Waals surface area contributed by atoms with Gasteiger partial charge in [-0.15, -0.1) is 0 Å². The fourth-order valence-electron chi connectivity index (χ4n) is 2.75. The number of alkyl halides is 3. The number of halogens is 3. The molecular formula is C15H21F3N2. The highest BCUT2D eigenvalue weighted by Gasteiger charge is 2.34. The summed E-state index contributed by atoms with van der Waals surface area (Å²) in [5.74, 6) is 0. The number of benzene rings is 1. The number of hydrogen-bond donors (Lipinski definition) is 1. The summed E-state index contributed by atoms with van der Waals surface area (Å²) in [6.45, 7) is 4.24. The van der Waals surface area contributed by atoms with Gasteiger partial charge in [0.1, 0.15) is 0 Å². The summed E-state index contributed by atoms with van der Waals surface area (Å²) in [4.78, 5) is 1.87. The van der Waals surface area contributed by atoms with Gasteiger partial charge in [0.2, 0.25) is 0 Å². The highest BCUT2D eigenvalue weighted by molar-refractivity contribution is 5.55. The molecule has 1 heterocycles. The molecule has 1 fully saturated rings. The number of nitrogens with zero attached hydrogens (tertiary/aromatic N) is 1. The van der Waals surface area contributed by atoms with Gasteiger partial charge in [0.05, 0.1) is 5.56 Å². The standard InChI is InChI=1S/C15H21F3N2/c1-2-10-20(11-12-6-5-9-19-12)14-8-4-3-7-13(14)15(16,17)18/h3-4,7-8,12,19H,2,5-6,9-11H2,1H3. The molecule has 1 aromatic carbocycles. The first-order chi connectivity index (χ1) is 9.52. The van der Waals surface area contributed by atoms with Crippen molar-refractivity contribution < 1.29 is 13.2 Å². The zero-order valence-corrected chi connectivity index (χ0v) is 11.7. The minimum atomic E-state index is -4.30. The van der Waals surface area contributed by atoms with Crippen molar-refractivity contribution in [2.24, 2.45) is 0 Å². The Hall–Kier alpha value is -1.23. The second kappa shape index (κ2) is 6.48. The van der Waals surface area contributed by atoms with E-state index in [1.807, 2.05) is 11.8 Å². The molecule has 1 saturated heterocycles. The lowest BCUT2D eigenvalue weighted by Gasteiger charge is -2.30. The van der Waals surface area contributed by atoms with E-state index < -0.39 is 11.7 Å². The van der Waals surface area contributed by atoms with Crippen LogP contribution in [0.25, 0.3) is 0 Å². The molecule has 1 aromatic rings. The third-order valence-electron chi connectivity index (χ3n) is 3.65. The Morgan fingerprint density at radius 3 is 2.65 bits per heavy atom. The van der Waals surface area contributed by atoms with Crippen molar-refractivity contribution in [2.45, 2.75) is 38.4 Å². The number of para-hydroxylation sites is 1. The number of hydrogen-bond acceptors (Lipinski definition) is 2. The molecule has 1 aliphatic heterocycles. The van der Waals surface area contributed by atoms with Gasteiger partial charge in [0.15, 0.2) is 0 Å². The molecule has 0 spiro atoms. The third kappa shape index (κ3) is 3.66. The molecule has 2 rings (SSSR count). The van der Waals surface area contributed by atoms with Crippen molar-refractivity contribution in [2.75, 3.05) is 24.5 Å². The van der Waals surface area contributed by atoms with Crippen LogP contribution in [0.4, 0.5) is 18.9 Å². The average Bonchev–Trinajstić information content (AvgIpc) is 2.90. The van der Waals surface area contributed by atoms with Gasteiger partial charge >= 0.3 is 6.18 Å². The second-order valence-electron chi connectivity index (χ2n) is 5.25. The van der Waals surface area contributed by atoms with Gasteiger partial charge in [-0.1, -0.05) is 19.1 Å². The van der Waals surface area contributed by atoms with Crippen molar-refractivity contribution in [3.05, 3.63) is 29.8 Å². The van der Waals surface area contributed by atoms with Gasteiger partial charge in [0.25, 0.3) is 0 Å². The Bertz CT molecular complexity index is 425. The van der Waals surface area contributed by atoms with Crippen LogP contribution in [0.3, 0.4) is 0 Å². The minimum Gasteiger partial charge on any atom is -0.369 e. The zero-order valence-electron chi connectivity index (χ0n) is 11.7. The van der Waals surface area contributed by atoms with E-state index in [1.165, 1.54) is 12.1 Å². The molecule has 5 heteroatoms. The molecule has 0 saturated carbocycles. The number of nitrogens with one attached hydrogen (secondary N) is 1. The van der Waals surface area contributed by atoms with E-state index >= 15 is 0 Å². The molecule has 1 N–H and O–H groups in total. The maximum Gasteiger partial charge on any atom is 0.418 e. The smallest absolute Gasteiger partial charge is 0.369 e. The van der Waals surface area contributed by atoms with E-state index in [4.69, 9.17) is 0 Å². The van der Waals surface area contributed by atoms with Crippen molar-refractivity contribution in [1.82, 2.24) is 5.32 Å². The van der Waals surface area contributed by atoms with Crippen molar-refractivity contribution in [3.8, 4) is 0 Å². The van der Waals surface area contributed by atoms with Crippen LogP contribution in [0.15, 0.2) is 24.3 Å². The molecule has 0 radical (unpaired) electrons. The minimum absolute atomic E-state index is 0.294. The SMILES string of the molecule is CCCN(CC1CCCN1)c1ccccc1C(F)(F)F. The molecule has 20 heavy (non-hydrogen) atoms. The Morgan fingerprint density at radius 1 is 1.30 bits per heavy atom. The van der Waals surface area contributed by atoms with Crippen LogP contribution in [0, 0.1) is 0 Å². The summed E-state index contributed by atoms with van der Waals surface area (Å²) in [5.41, 5.74) is -0.234. The molecule has 0 aromatic heterocycles. The zero-order chi connectivity index (χ0) is 14.6. The van der Waals surface area contributed by atoms with Crippen LogP contribution in [0.1, 0.15) is 31.7 Å². The predicted octanol–water partition coefficient (Wildman–Crippen LogP) is 3.67. The summed E-state index contributed by atoms with van der Waals surface area (Å²) in [5, 5.41) is 3.35. The maximum absolute atomic E-state index is 13.1. The predicted molar refractivity (Wildman–Crippen MR) is 75.0 cm³/mol. The summed E-state index contributed by atoms with van der Waals surface area (Å²) < 4.78 is 39.4. The Labute approximate surface area is 118 Å². The lowest BCUT2D eigenvalue weighted by molar-refractivity contribution is -0.137. The molecule has 0 bridgehead atoms. The van der Waals surface area contributed by atoms with Crippen molar-refractivity contribution >= 4 is 5.69 Å². The fraction of sp³-hybridized carbons (Fsp3) is 0.600. The Morgan fingerprint density at radius 2 is 2.05 bits per heavy atom. The lowest BCUT2D eigenvalue weighted by Crippen LogP contribution is -2.39. The lowest BCUT2D eigenvalue weighted by atomic mass is 10.1. The van der Waals surface area contributed by atoms with E-state index in [9.17, 15) is 13.2 Å². The van der Waals surface area contributed by atoms with E-state index in [0.717, 1.165) is 25.8 Å². The molecule has 1 aliphatic rings. The maximum atomic E-state index is 13.1. The van der Waals surface area contributed by atoms with Crippen LogP contribution in [-0.4, -0.2) is 25.7 Å². The van der Waals surface area contributed by atoms with Gasteiger partial charge in [-0.3, -0.25) is 0 Å². The molecular weight excluding hydrogens is 265 g/mol. The largest absolute Gasteiger partial charge is 0.418 e. The Kier molecular flexibility index (Phi) is 4.91. The van der Waals surface area contributed by atoms with E-state index in [-0.39, 0.29) is 0 Å². The first-order valence-corrected chi connectivity index (χ1v) is 7.17. The van der Waals surface area contributed by atoms with Gasteiger partial charge < -0.3 is 10.2 Å². The fourth-order valence-corrected chi connectivity index (χ4v) is 2.75. The van der Waals surface area contributed by atoms with Crippen LogP contribution < -0.4 is 10.2 Å². The van der Waals surface area contributed by atoms with Crippen molar-refractivity contribution in [1.29, 1.82) is 0 Å². The normalized spacial score (nSPS) is 19.3. The molecule has 0 amide bonds. The highest BCUT2D eigenvalue weighted by Crippen LogP contribution is 2.36. The quantitative estimate of drug-likeness (QED) is 0.888. The summed E-state index contributed by atoms with van der Waals surface area (Å²) in [6, 6.07) is 6.16. The summed E-state index contributed by atoms with van der Waals surface area (Å²) in [7, 11) is 0. The molecule has 112 valence electrons. The van der Waals surface area contributed by atoms with Gasteiger partial charge in [-0.05, 0) is 37.9 Å². The highest BCUT2D eigenvalue weighted by atomic mass is 19.4. The number of anilines is 1. The molecule has 1 atom stereocenters. The molecule has 2 nitrogen and oxygen atoms in total. The number of rotatable bonds is 5. The van der Waals surface area contributed by atoms with E-state index in [1.54, 1.807) is 12.1 Å². The topological polar surface area (TPSA) is 15.3 Å². The summed E-state index contributed by atoms with van der Waals surface area (Å²) >= 11 is 0.